The minimum absolute atomic E-state index is 0.0522. The van der Waals surface area contributed by atoms with Crippen LogP contribution in [0.5, 0.6) is 11.5 Å². The molecule has 0 bridgehead atoms. The van der Waals surface area contributed by atoms with Crippen molar-refractivity contribution < 1.29 is 19.1 Å². The number of nitrogens with zero attached hydrogens (tertiary/aromatic N) is 2. The second-order valence-electron chi connectivity index (χ2n) is 7.36. The molecule has 0 radical (unpaired) electrons. The molecule has 8 heteroatoms. The Morgan fingerprint density at radius 2 is 1.70 bits per heavy atom. The summed E-state index contributed by atoms with van der Waals surface area (Å²) in [5.41, 5.74) is 3.11. The highest BCUT2D eigenvalue weighted by Crippen LogP contribution is 2.33. The molecule has 3 aromatic rings. The standard InChI is InChI=1S/C25H22ClN3O4/c1-32-19-11-18(12-20(13-19)33-2)27-24(30)15-29-23-6-4-3-5-21(23)28-22(14-25(29)31)16-7-9-17(26)10-8-16/h3-13H,14-15H2,1-2H3,(H,27,30). The number of nitrogens with one attached hydrogen (secondary N) is 1. The molecule has 33 heavy (non-hydrogen) atoms. The molecule has 0 aromatic heterocycles. The highest BCUT2D eigenvalue weighted by molar-refractivity contribution is 6.30. The van der Waals surface area contributed by atoms with Gasteiger partial charge in [-0.05, 0) is 29.8 Å². The minimum atomic E-state index is -0.358. The third-order valence-corrected chi connectivity index (χ3v) is 5.41. The van der Waals surface area contributed by atoms with Gasteiger partial charge in [-0.15, -0.1) is 0 Å². The zero-order chi connectivity index (χ0) is 23.4. The van der Waals surface area contributed by atoms with Crippen LogP contribution in [0.3, 0.4) is 0 Å². The number of carbonyl (C=O) groups is 2. The number of methoxy groups -OCH3 is 2. The fourth-order valence-electron chi connectivity index (χ4n) is 3.55. The summed E-state index contributed by atoms with van der Waals surface area (Å²) in [5, 5.41) is 3.42. The van der Waals surface area contributed by atoms with E-state index in [0.29, 0.717) is 39.3 Å². The molecular weight excluding hydrogens is 442 g/mol. The van der Waals surface area contributed by atoms with Gasteiger partial charge in [0, 0.05) is 28.9 Å². The molecule has 7 nitrogen and oxygen atoms in total. The lowest BCUT2D eigenvalue weighted by Crippen LogP contribution is -2.38. The van der Waals surface area contributed by atoms with Crippen LogP contribution in [-0.4, -0.2) is 38.3 Å². The number of para-hydroxylation sites is 2. The number of carbonyl (C=O) groups excluding carboxylic acids is 2. The number of aliphatic imine (C=N–C) groups is 1. The monoisotopic (exact) mass is 463 g/mol. The molecule has 0 fully saturated rings. The number of ether oxygens (including phenoxy) is 2. The Morgan fingerprint density at radius 3 is 2.36 bits per heavy atom. The smallest absolute Gasteiger partial charge is 0.244 e. The van der Waals surface area contributed by atoms with Gasteiger partial charge >= 0.3 is 0 Å². The predicted molar refractivity (Wildman–Crippen MR) is 129 cm³/mol. The molecule has 0 saturated heterocycles. The first-order valence-corrected chi connectivity index (χ1v) is 10.6. The number of fused-ring (bicyclic) bond motifs is 1. The van der Waals surface area contributed by atoms with Gasteiger partial charge in [-0.3, -0.25) is 14.6 Å². The summed E-state index contributed by atoms with van der Waals surface area (Å²) >= 11 is 6.00. The van der Waals surface area contributed by atoms with E-state index in [0.717, 1.165) is 5.56 Å². The summed E-state index contributed by atoms with van der Waals surface area (Å²) in [5.74, 6) is 0.499. The van der Waals surface area contributed by atoms with E-state index in [1.165, 1.54) is 19.1 Å². The average Bonchev–Trinajstić information content (AvgIpc) is 2.95. The number of benzene rings is 3. The van der Waals surface area contributed by atoms with Gasteiger partial charge in [0.15, 0.2) is 0 Å². The fourth-order valence-corrected chi connectivity index (χ4v) is 3.68. The first-order chi connectivity index (χ1) is 16.0. The van der Waals surface area contributed by atoms with Gasteiger partial charge in [-0.25, -0.2) is 0 Å². The second kappa shape index (κ2) is 9.75. The fraction of sp³-hybridized carbons (Fsp3) is 0.160. The second-order valence-corrected chi connectivity index (χ2v) is 7.80. The van der Waals surface area contributed by atoms with Crippen LogP contribution in [0, 0.1) is 0 Å². The summed E-state index contributed by atoms with van der Waals surface area (Å²) in [6.07, 6.45) is 0.0522. The van der Waals surface area contributed by atoms with Crippen LogP contribution in [0.2, 0.25) is 5.02 Å². The molecule has 0 saturated carbocycles. The Kier molecular flexibility index (Phi) is 6.60. The summed E-state index contributed by atoms with van der Waals surface area (Å²) in [6, 6.07) is 19.5. The van der Waals surface area contributed by atoms with Crippen LogP contribution >= 0.6 is 11.6 Å². The molecule has 0 aliphatic carbocycles. The topological polar surface area (TPSA) is 80.2 Å². The maximum Gasteiger partial charge on any atom is 0.244 e. The number of amides is 2. The van der Waals surface area contributed by atoms with Crippen LogP contribution < -0.4 is 19.7 Å². The summed E-state index contributed by atoms with van der Waals surface area (Å²) in [4.78, 5) is 32.3. The molecule has 3 aromatic carbocycles. The predicted octanol–water partition coefficient (Wildman–Crippen LogP) is 4.85. The van der Waals surface area contributed by atoms with Gasteiger partial charge in [0.05, 0.1) is 37.7 Å². The Labute approximate surface area is 196 Å². The van der Waals surface area contributed by atoms with E-state index in [1.807, 2.05) is 30.3 Å². The first-order valence-electron chi connectivity index (χ1n) is 10.2. The highest BCUT2D eigenvalue weighted by atomic mass is 35.5. The molecule has 1 aliphatic rings. The molecule has 168 valence electrons. The van der Waals surface area contributed by atoms with Crippen LogP contribution in [0.4, 0.5) is 17.1 Å². The highest BCUT2D eigenvalue weighted by Gasteiger charge is 2.26. The van der Waals surface area contributed by atoms with Crippen molar-refractivity contribution >= 4 is 46.2 Å². The summed E-state index contributed by atoms with van der Waals surface area (Å²) in [7, 11) is 3.07. The van der Waals surface area contributed by atoms with E-state index in [4.69, 9.17) is 26.1 Å². The summed E-state index contributed by atoms with van der Waals surface area (Å²) < 4.78 is 10.5. The maximum atomic E-state index is 13.2. The quantitative estimate of drug-likeness (QED) is 0.566. The lowest BCUT2D eigenvalue weighted by atomic mass is 10.1. The van der Waals surface area contributed by atoms with Gasteiger partial charge in [-0.2, -0.15) is 0 Å². The molecular formula is C25H22ClN3O4. The maximum absolute atomic E-state index is 13.2. The largest absolute Gasteiger partial charge is 0.497 e. The van der Waals surface area contributed by atoms with E-state index < -0.39 is 0 Å². The van der Waals surface area contributed by atoms with Crippen molar-refractivity contribution in [1.29, 1.82) is 0 Å². The summed E-state index contributed by atoms with van der Waals surface area (Å²) in [6.45, 7) is -0.168. The Morgan fingerprint density at radius 1 is 1.03 bits per heavy atom. The molecule has 1 N–H and O–H groups in total. The SMILES string of the molecule is COc1cc(NC(=O)CN2C(=O)CC(c3ccc(Cl)cc3)=Nc3ccccc32)cc(OC)c1. The zero-order valence-electron chi connectivity index (χ0n) is 18.2. The molecule has 2 amide bonds. The van der Waals surface area contributed by atoms with Crippen molar-refractivity contribution in [2.24, 2.45) is 4.99 Å². The zero-order valence-corrected chi connectivity index (χ0v) is 18.9. The van der Waals surface area contributed by atoms with Crippen molar-refractivity contribution in [2.45, 2.75) is 6.42 Å². The van der Waals surface area contributed by atoms with Crippen molar-refractivity contribution in [3.63, 3.8) is 0 Å². The molecule has 1 aliphatic heterocycles. The Hall–Kier alpha value is -3.84. The lowest BCUT2D eigenvalue weighted by Gasteiger charge is -2.22. The third-order valence-electron chi connectivity index (χ3n) is 5.16. The average molecular weight is 464 g/mol. The number of hydrogen-bond acceptors (Lipinski definition) is 5. The van der Waals surface area contributed by atoms with Crippen LogP contribution in [-0.2, 0) is 9.59 Å². The van der Waals surface area contributed by atoms with Crippen molar-refractivity contribution in [1.82, 2.24) is 0 Å². The number of anilines is 2. The lowest BCUT2D eigenvalue weighted by molar-refractivity contribution is -0.120. The van der Waals surface area contributed by atoms with Crippen LogP contribution in [0.25, 0.3) is 0 Å². The normalized spacial score (nSPS) is 13.0. The molecule has 0 unspecified atom stereocenters. The molecule has 0 spiro atoms. The number of hydrogen-bond donors (Lipinski definition) is 1. The van der Waals surface area contributed by atoms with E-state index in [-0.39, 0.29) is 24.8 Å². The van der Waals surface area contributed by atoms with Crippen molar-refractivity contribution in [3.8, 4) is 11.5 Å². The molecule has 4 rings (SSSR count). The Balaban J connectivity index is 1.59. The van der Waals surface area contributed by atoms with Crippen molar-refractivity contribution in [2.75, 3.05) is 31.0 Å². The first kappa shape index (κ1) is 22.4. The molecule has 1 heterocycles. The third kappa shape index (κ3) is 5.15. The van der Waals surface area contributed by atoms with Crippen LogP contribution in [0.1, 0.15) is 12.0 Å². The van der Waals surface area contributed by atoms with E-state index >= 15 is 0 Å². The van der Waals surface area contributed by atoms with Gasteiger partial charge in [0.2, 0.25) is 11.8 Å². The minimum Gasteiger partial charge on any atom is -0.497 e. The number of rotatable bonds is 6. The van der Waals surface area contributed by atoms with Gasteiger partial charge < -0.3 is 19.7 Å². The van der Waals surface area contributed by atoms with Gasteiger partial charge in [0.1, 0.15) is 18.0 Å². The van der Waals surface area contributed by atoms with E-state index in [1.54, 1.807) is 36.4 Å². The van der Waals surface area contributed by atoms with Gasteiger partial charge in [-0.1, -0.05) is 35.9 Å². The van der Waals surface area contributed by atoms with Gasteiger partial charge in [0.25, 0.3) is 0 Å². The van der Waals surface area contributed by atoms with Crippen molar-refractivity contribution in [3.05, 3.63) is 77.3 Å². The Bertz CT molecular complexity index is 1200. The van der Waals surface area contributed by atoms with Crippen LogP contribution in [0.15, 0.2) is 71.7 Å². The number of halogens is 1. The molecule has 0 atom stereocenters. The van der Waals surface area contributed by atoms with E-state index in [9.17, 15) is 9.59 Å². The van der Waals surface area contributed by atoms with E-state index in [2.05, 4.69) is 5.32 Å².